The molecule has 4 rings (SSSR count). The third-order valence-electron chi connectivity index (χ3n) is 7.90. The summed E-state index contributed by atoms with van der Waals surface area (Å²) in [5.74, 6) is -0.137. The zero-order chi connectivity index (χ0) is 18.6. The van der Waals surface area contributed by atoms with Crippen molar-refractivity contribution in [2.45, 2.75) is 58.2 Å². The Kier molecular flexibility index (Phi) is 4.27. The molecule has 3 saturated carbocycles. The molecular weight excluding hydrogens is 336 g/mol. The number of carbonyl (C=O) groups is 3. The Labute approximate surface area is 153 Å². The van der Waals surface area contributed by atoms with Crippen molar-refractivity contribution < 1.29 is 28.6 Å². The fraction of sp³-hybridized carbons (Fsp3) is 0.850. The van der Waals surface area contributed by atoms with Gasteiger partial charge >= 0.3 is 0 Å². The minimum Gasteiger partial charge on any atom is -0.468 e. The molecule has 1 heterocycles. The van der Waals surface area contributed by atoms with E-state index in [1.807, 2.05) is 6.92 Å². The van der Waals surface area contributed by atoms with Gasteiger partial charge in [0.05, 0.1) is 19.8 Å². The third-order valence-corrected chi connectivity index (χ3v) is 7.90. The van der Waals surface area contributed by atoms with E-state index < -0.39 is 11.2 Å². The lowest BCUT2D eigenvalue weighted by atomic mass is 9.48. The van der Waals surface area contributed by atoms with Gasteiger partial charge in [0.15, 0.2) is 5.79 Å². The maximum absolute atomic E-state index is 13.3. The van der Waals surface area contributed by atoms with E-state index in [4.69, 9.17) is 14.2 Å². The van der Waals surface area contributed by atoms with Crippen molar-refractivity contribution in [2.24, 2.45) is 28.6 Å². The molecule has 6 heteroatoms. The second kappa shape index (κ2) is 6.13. The van der Waals surface area contributed by atoms with Crippen molar-refractivity contribution >= 4 is 18.0 Å². The van der Waals surface area contributed by atoms with Crippen molar-refractivity contribution in [1.82, 2.24) is 0 Å². The monoisotopic (exact) mass is 364 g/mol. The van der Waals surface area contributed by atoms with Crippen LogP contribution in [-0.2, 0) is 28.6 Å². The lowest BCUT2D eigenvalue weighted by Gasteiger charge is -2.55. The molecule has 0 radical (unpaired) electrons. The van der Waals surface area contributed by atoms with Gasteiger partial charge in [0.2, 0.25) is 0 Å². The van der Waals surface area contributed by atoms with Crippen LogP contribution in [0, 0.1) is 28.6 Å². The molecule has 144 valence electrons. The predicted molar refractivity (Wildman–Crippen MR) is 91.1 cm³/mol. The fourth-order valence-corrected chi connectivity index (χ4v) is 6.62. The van der Waals surface area contributed by atoms with Crippen molar-refractivity contribution in [3.8, 4) is 0 Å². The summed E-state index contributed by atoms with van der Waals surface area (Å²) in [5.41, 5.74) is -1.06. The topological polar surface area (TPSA) is 78.9 Å². The molecule has 3 aliphatic carbocycles. The first-order chi connectivity index (χ1) is 12.4. The number of hydrogen-bond donors (Lipinski definition) is 0. The van der Waals surface area contributed by atoms with Gasteiger partial charge in [-0.2, -0.15) is 0 Å². The molecule has 0 N–H and O–H groups in total. The van der Waals surface area contributed by atoms with Gasteiger partial charge in [0.25, 0.3) is 6.47 Å². The molecule has 4 fully saturated rings. The smallest absolute Gasteiger partial charge is 0.293 e. The fourth-order valence-electron chi connectivity index (χ4n) is 6.62. The minimum absolute atomic E-state index is 0.131. The van der Waals surface area contributed by atoms with E-state index in [0.29, 0.717) is 44.9 Å². The van der Waals surface area contributed by atoms with Crippen LogP contribution < -0.4 is 0 Å². The number of carbonyl (C=O) groups excluding carboxylic acids is 3. The van der Waals surface area contributed by atoms with E-state index in [1.54, 1.807) is 0 Å². The quantitative estimate of drug-likeness (QED) is 0.562. The Hall–Kier alpha value is -1.27. The summed E-state index contributed by atoms with van der Waals surface area (Å²) < 4.78 is 17.0. The second-order valence-electron chi connectivity index (χ2n) is 8.89. The Morgan fingerprint density at radius 1 is 1.19 bits per heavy atom. The number of rotatable bonds is 4. The summed E-state index contributed by atoms with van der Waals surface area (Å²) in [6, 6.07) is 0. The largest absolute Gasteiger partial charge is 0.468 e. The van der Waals surface area contributed by atoms with Crippen molar-refractivity contribution in [3.05, 3.63) is 0 Å². The lowest BCUT2D eigenvalue weighted by Crippen LogP contribution is -2.60. The van der Waals surface area contributed by atoms with E-state index in [1.165, 1.54) is 0 Å². The highest BCUT2D eigenvalue weighted by Gasteiger charge is 2.69. The molecule has 0 aromatic carbocycles. The first kappa shape index (κ1) is 18.1. The van der Waals surface area contributed by atoms with E-state index >= 15 is 0 Å². The summed E-state index contributed by atoms with van der Waals surface area (Å²) in [6.45, 7) is 5.80. The molecular formula is C20H28O6. The highest BCUT2D eigenvalue weighted by molar-refractivity contribution is 5.94. The summed E-state index contributed by atoms with van der Waals surface area (Å²) in [5, 5.41) is 0. The molecule has 0 aromatic heterocycles. The van der Waals surface area contributed by atoms with Crippen LogP contribution in [-0.4, -0.2) is 43.6 Å². The van der Waals surface area contributed by atoms with Crippen LogP contribution >= 0.6 is 0 Å². The van der Waals surface area contributed by atoms with Gasteiger partial charge in [-0.05, 0) is 31.1 Å². The molecule has 26 heavy (non-hydrogen) atoms. The predicted octanol–water partition coefficient (Wildman–Crippen LogP) is 2.28. The van der Waals surface area contributed by atoms with Gasteiger partial charge in [-0.25, -0.2) is 0 Å². The van der Waals surface area contributed by atoms with Gasteiger partial charge in [0.1, 0.15) is 11.6 Å². The Morgan fingerprint density at radius 3 is 2.62 bits per heavy atom. The minimum atomic E-state index is -0.739. The molecule has 4 aliphatic rings. The van der Waals surface area contributed by atoms with Crippen LogP contribution in [0.4, 0.5) is 0 Å². The van der Waals surface area contributed by atoms with E-state index in [0.717, 1.165) is 19.3 Å². The number of hydrogen-bond acceptors (Lipinski definition) is 6. The maximum atomic E-state index is 13.3. The normalized spacial score (nSPS) is 44.0. The Bertz CT molecular complexity index is 624. The zero-order valence-electron chi connectivity index (χ0n) is 15.6. The molecule has 0 amide bonds. The molecule has 1 aliphatic heterocycles. The van der Waals surface area contributed by atoms with Gasteiger partial charge in [-0.15, -0.1) is 0 Å². The molecule has 1 spiro atoms. The van der Waals surface area contributed by atoms with Crippen LogP contribution in [0.3, 0.4) is 0 Å². The Morgan fingerprint density at radius 2 is 1.92 bits per heavy atom. The van der Waals surface area contributed by atoms with Crippen LogP contribution in [0.2, 0.25) is 0 Å². The maximum Gasteiger partial charge on any atom is 0.293 e. The summed E-state index contributed by atoms with van der Waals surface area (Å²) in [6.07, 6.45) is 3.86. The number of Topliss-reactive ketones (excluding diaryl/α,β-unsaturated/α-hetero) is 2. The van der Waals surface area contributed by atoms with Crippen LogP contribution in [0.5, 0.6) is 0 Å². The first-order valence-corrected chi connectivity index (χ1v) is 9.77. The van der Waals surface area contributed by atoms with Gasteiger partial charge in [-0.3, -0.25) is 14.4 Å². The van der Waals surface area contributed by atoms with Crippen LogP contribution in [0.25, 0.3) is 0 Å². The molecule has 5 atom stereocenters. The molecule has 3 unspecified atom stereocenters. The van der Waals surface area contributed by atoms with Gasteiger partial charge < -0.3 is 14.2 Å². The average Bonchev–Trinajstić information content (AvgIpc) is 3.18. The first-order valence-electron chi connectivity index (χ1n) is 9.77. The van der Waals surface area contributed by atoms with Crippen LogP contribution in [0.15, 0.2) is 0 Å². The number of ketones is 2. The van der Waals surface area contributed by atoms with Gasteiger partial charge in [0, 0.05) is 36.0 Å². The summed E-state index contributed by atoms with van der Waals surface area (Å²) in [4.78, 5) is 36.6. The average molecular weight is 364 g/mol. The highest BCUT2D eigenvalue weighted by Crippen LogP contribution is 2.66. The molecule has 6 nitrogen and oxygen atoms in total. The van der Waals surface area contributed by atoms with Gasteiger partial charge in [-0.1, -0.05) is 13.8 Å². The highest BCUT2D eigenvalue weighted by atomic mass is 16.7. The standard InChI is InChI=1S/C20H28O6/c1-18(7-8-24-12-21)16(23)4-3-13-14-5-6-20(25-9-10-26-20)19(14,2)11-15(22)17(13)18/h12-14,17H,3-11H2,1-2H3/t13?,14?,17?,18-,19-/m0/s1. The summed E-state index contributed by atoms with van der Waals surface area (Å²) >= 11 is 0. The van der Waals surface area contributed by atoms with E-state index in [2.05, 4.69) is 6.92 Å². The zero-order valence-corrected chi connectivity index (χ0v) is 15.6. The number of ether oxygens (including phenoxy) is 3. The molecule has 1 saturated heterocycles. The van der Waals surface area contributed by atoms with Crippen molar-refractivity contribution in [1.29, 1.82) is 0 Å². The van der Waals surface area contributed by atoms with E-state index in [-0.39, 0.29) is 35.4 Å². The lowest BCUT2D eigenvalue weighted by molar-refractivity contribution is -0.239. The van der Waals surface area contributed by atoms with Crippen molar-refractivity contribution in [3.63, 3.8) is 0 Å². The molecule has 0 aromatic rings. The third kappa shape index (κ3) is 2.27. The SMILES string of the molecule is C[C@]1(CCOC=O)C(=O)CCC2C1C(=O)C[C@@]1(C)C2CCC12OCCO2. The number of fused-ring (bicyclic) bond motifs is 4. The molecule has 0 bridgehead atoms. The van der Waals surface area contributed by atoms with Crippen LogP contribution in [0.1, 0.15) is 52.4 Å². The van der Waals surface area contributed by atoms with E-state index in [9.17, 15) is 14.4 Å². The van der Waals surface area contributed by atoms with Crippen molar-refractivity contribution in [2.75, 3.05) is 19.8 Å². The second-order valence-corrected chi connectivity index (χ2v) is 8.89. The summed E-state index contributed by atoms with van der Waals surface area (Å²) in [7, 11) is 0. The Balaban J connectivity index is 1.66.